The van der Waals surface area contributed by atoms with Gasteiger partial charge >= 0.3 is 5.97 Å². The minimum absolute atomic E-state index is 0.0125. The number of hydrogen-bond donors (Lipinski definition) is 0. The second-order valence-electron chi connectivity index (χ2n) is 11.8. The number of hydrogen-bond acceptors (Lipinski definition) is 7. The SMILES string of the molecule is COC(=O)c1cccc(-c2nc3c(OCOCC[Si](C)(C)C)cccc3n(COCC[Si](C)(C)C)c2=O)c1F. The first-order valence-corrected chi connectivity index (χ1v) is 20.4. The van der Waals surface area contributed by atoms with Gasteiger partial charge in [0.2, 0.25) is 0 Å². The van der Waals surface area contributed by atoms with Crippen molar-refractivity contribution in [3.8, 4) is 17.0 Å². The van der Waals surface area contributed by atoms with Crippen molar-refractivity contribution >= 4 is 33.2 Å². The molecule has 39 heavy (non-hydrogen) atoms. The first-order chi connectivity index (χ1) is 18.3. The number of methoxy groups -OCH3 is 1. The van der Waals surface area contributed by atoms with Crippen molar-refractivity contribution < 1.29 is 28.1 Å². The van der Waals surface area contributed by atoms with Crippen LogP contribution < -0.4 is 10.3 Å². The van der Waals surface area contributed by atoms with Crippen molar-refractivity contribution in [2.75, 3.05) is 27.1 Å². The van der Waals surface area contributed by atoms with Gasteiger partial charge in [-0.3, -0.25) is 9.36 Å². The molecule has 0 aliphatic carbocycles. The number of aromatic nitrogens is 2. The second-order valence-corrected chi connectivity index (χ2v) is 23.0. The van der Waals surface area contributed by atoms with Crippen LogP contribution in [0.25, 0.3) is 22.3 Å². The van der Waals surface area contributed by atoms with Crippen LogP contribution in [0, 0.1) is 5.82 Å². The molecule has 0 atom stereocenters. The average Bonchev–Trinajstić information content (AvgIpc) is 2.86. The molecule has 0 unspecified atom stereocenters. The molecule has 2 aromatic carbocycles. The van der Waals surface area contributed by atoms with E-state index in [9.17, 15) is 9.59 Å². The molecule has 1 heterocycles. The Balaban J connectivity index is 2.05. The van der Waals surface area contributed by atoms with E-state index in [0.717, 1.165) is 12.1 Å². The van der Waals surface area contributed by atoms with Gasteiger partial charge in [0, 0.05) is 34.9 Å². The second kappa shape index (κ2) is 13.0. The summed E-state index contributed by atoms with van der Waals surface area (Å²) in [6, 6.07) is 11.4. The van der Waals surface area contributed by atoms with Gasteiger partial charge in [0.1, 0.15) is 29.5 Å². The third-order valence-electron chi connectivity index (χ3n) is 6.11. The smallest absolute Gasteiger partial charge is 0.340 e. The van der Waals surface area contributed by atoms with E-state index in [1.807, 2.05) is 0 Å². The summed E-state index contributed by atoms with van der Waals surface area (Å²) in [5.41, 5.74) is -0.245. The van der Waals surface area contributed by atoms with E-state index < -0.39 is 33.5 Å². The Hall–Kier alpha value is -2.87. The molecule has 3 rings (SSSR count). The summed E-state index contributed by atoms with van der Waals surface area (Å²) in [5, 5.41) is 0. The van der Waals surface area contributed by atoms with Gasteiger partial charge in [-0.1, -0.05) is 51.4 Å². The highest BCUT2D eigenvalue weighted by Crippen LogP contribution is 2.28. The van der Waals surface area contributed by atoms with Crippen LogP contribution in [0.15, 0.2) is 41.2 Å². The van der Waals surface area contributed by atoms with Crippen LogP contribution in [-0.2, 0) is 20.9 Å². The lowest BCUT2D eigenvalue weighted by Gasteiger charge is -2.18. The number of fused-ring (bicyclic) bond motifs is 1. The molecule has 0 saturated carbocycles. The first kappa shape index (κ1) is 30.7. The number of nitrogens with zero attached hydrogens (tertiary/aromatic N) is 2. The highest BCUT2D eigenvalue weighted by atomic mass is 28.3. The topological polar surface area (TPSA) is 88.9 Å². The van der Waals surface area contributed by atoms with E-state index in [-0.39, 0.29) is 30.3 Å². The van der Waals surface area contributed by atoms with Crippen molar-refractivity contribution in [1.29, 1.82) is 0 Å². The van der Waals surface area contributed by atoms with Gasteiger partial charge in [0.05, 0.1) is 18.2 Å². The van der Waals surface area contributed by atoms with E-state index in [4.69, 9.17) is 18.9 Å². The maximum absolute atomic E-state index is 15.5. The fraction of sp³-hybridized carbons (Fsp3) is 0.464. The maximum Gasteiger partial charge on any atom is 0.340 e. The Morgan fingerprint density at radius 2 is 1.59 bits per heavy atom. The van der Waals surface area contributed by atoms with Gasteiger partial charge in [-0.2, -0.15) is 0 Å². The van der Waals surface area contributed by atoms with Gasteiger partial charge in [-0.25, -0.2) is 14.2 Å². The van der Waals surface area contributed by atoms with Crippen LogP contribution in [0.4, 0.5) is 4.39 Å². The van der Waals surface area contributed by atoms with Gasteiger partial charge in [-0.15, -0.1) is 0 Å². The van der Waals surface area contributed by atoms with Crippen molar-refractivity contribution in [3.05, 3.63) is 58.1 Å². The molecule has 0 bridgehead atoms. The number of carbonyl (C=O) groups is 1. The molecule has 0 fully saturated rings. The lowest BCUT2D eigenvalue weighted by Crippen LogP contribution is -2.27. The number of carbonyl (C=O) groups excluding carboxylic acids is 1. The molecule has 3 aromatic rings. The molecule has 8 nitrogen and oxygen atoms in total. The third-order valence-corrected chi connectivity index (χ3v) is 9.52. The highest BCUT2D eigenvalue weighted by Gasteiger charge is 2.22. The number of rotatable bonds is 13. The molecule has 0 spiro atoms. The van der Waals surface area contributed by atoms with E-state index in [0.29, 0.717) is 30.0 Å². The van der Waals surface area contributed by atoms with Gasteiger partial charge in [-0.05, 0) is 36.4 Å². The van der Waals surface area contributed by atoms with Crippen LogP contribution in [-0.4, -0.2) is 58.8 Å². The fourth-order valence-electron chi connectivity index (χ4n) is 3.72. The van der Waals surface area contributed by atoms with Gasteiger partial charge in [0.15, 0.2) is 6.79 Å². The summed E-state index contributed by atoms with van der Waals surface area (Å²) in [6.07, 6.45) is 0. The molecule has 1 aromatic heterocycles. The zero-order valence-corrected chi connectivity index (χ0v) is 25.9. The summed E-state index contributed by atoms with van der Waals surface area (Å²) < 4.78 is 39.1. The standard InChI is InChI=1S/C28H39FN2O6Si2/c1-34-28(33)21-11-8-10-20(24(21)29)25-27(32)31(18-35-14-16-38(2,3)4)22-12-9-13-23(26(22)30-25)37-19-36-15-17-39(5,6)7/h8-13H,14-19H2,1-7H3. The summed E-state index contributed by atoms with van der Waals surface area (Å²) in [6.45, 7) is 14.6. The summed E-state index contributed by atoms with van der Waals surface area (Å²) in [7, 11) is -1.43. The summed E-state index contributed by atoms with van der Waals surface area (Å²) >= 11 is 0. The van der Waals surface area contributed by atoms with Crippen LogP contribution in [0.5, 0.6) is 5.75 Å². The number of para-hydroxylation sites is 1. The van der Waals surface area contributed by atoms with E-state index in [1.165, 1.54) is 29.9 Å². The monoisotopic (exact) mass is 574 g/mol. The number of esters is 1. The molecule has 0 amide bonds. The molecule has 0 aliphatic heterocycles. The number of benzene rings is 2. The minimum Gasteiger partial charge on any atom is -0.465 e. The zero-order valence-electron chi connectivity index (χ0n) is 23.9. The lowest BCUT2D eigenvalue weighted by molar-refractivity contribution is 0.0228. The molecule has 0 N–H and O–H groups in total. The quantitative estimate of drug-likeness (QED) is 0.107. The van der Waals surface area contributed by atoms with Crippen LogP contribution in [0.2, 0.25) is 51.4 Å². The third kappa shape index (κ3) is 8.31. The predicted octanol–water partition coefficient (Wildman–Crippen LogP) is 5.99. The van der Waals surface area contributed by atoms with E-state index in [1.54, 1.807) is 18.2 Å². The van der Waals surface area contributed by atoms with Gasteiger partial charge < -0.3 is 18.9 Å². The highest BCUT2D eigenvalue weighted by molar-refractivity contribution is 6.76. The molecule has 0 radical (unpaired) electrons. The number of ether oxygens (including phenoxy) is 4. The zero-order chi connectivity index (χ0) is 28.8. The largest absolute Gasteiger partial charge is 0.465 e. The normalized spacial score (nSPS) is 12.1. The average molecular weight is 575 g/mol. The predicted molar refractivity (Wildman–Crippen MR) is 156 cm³/mol. The van der Waals surface area contributed by atoms with Crippen molar-refractivity contribution in [2.24, 2.45) is 0 Å². The molecule has 11 heteroatoms. The van der Waals surface area contributed by atoms with Gasteiger partial charge in [0.25, 0.3) is 5.56 Å². The Morgan fingerprint density at radius 1 is 0.949 bits per heavy atom. The molecule has 0 saturated heterocycles. The summed E-state index contributed by atoms with van der Waals surface area (Å²) in [4.78, 5) is 30.3. The Morgan fingerprint density at radius 3 is 2.23 bits per heavy atom. The molecule has 212 valence electrons. The lowest BCUT2D eigenvalue weighted by atomic mass is 10.1. The Kier molecular flexibility index (Phi) is 10.2. The minimum atomic E-state index is -1.35. The van der Waals surface area contributed by atoms with E-state index in [2.05, 4.69) is 44.3 Å². The van der Waals surface area contributed by atoms with Crippen molar-refractivity contribution in [1.82, 2.24) is 9.55 Å². The first-order valence-electron chi connectivity index (χ1n) is 13.0. The molecular weight excluding hydrogens is 535 g/mol. The van der Waals surface area contributed by atoms with Crippen LogP contribution >= 0.6 is 0 Å². The van der Waals surface area contributed by atoms with Crippen LogP contribution in [0.3, 0.4) is 0 Å². The van der Waals surface area contributed by atoms with Crippen molar-refractivity contribution in [2.45, 2.75) is 58.1 Å². The Labute approximate surface area is 231 Å². The maximum atomic E-state index is 15.5. The fourth-order valence-corrected chi connectivity index (χ4v) is 5.23. The van der Waals surface area contributed by atoms with Crippen molar-refractivity contribution in [3.63, 3.8) is 0 Å². The number of halogens is 1. The van der Waals surface area contributed by atoms with Crippen LogP contribution in [0.1, 0.15) is 10.4 Å². The molecule has 0 aliphatic rings. The Bertz CT molecular complexity index is 1370. The summed E-state index contributed by atoms with van der Waals surface area (Å²) in [5.74, 6) is -1.33. The molecular formula is C28H39FN2O6Si2. The van der Waals surface area contributed by atoms with E-state index >= 15 is 4.39 Å².